The maximum Gasteiger partial charge on any atom is 0.309 e. The van der Waals surface area contributed by atoms with Gasteiger partial charge in [0.2, 0.25) is 5.91 Å². The number of rotatable bonds is 7. The maximum absolute atomic E-state index is 11.9. The van der Waals surface area contributed by atoms with Gasteiger partial charge in [-0.05, 0) is 25.0 Å². The molecule has 0 bridgehead atoms. The summed E-state index contributed by atoms with van der Waals surface area (Å²) in [6.45, 7) is 5.81. The van der Waals surface area contributed by atoms with Crippen molar-refractivity contribution in [2.45, 2.75) is 26.8 Å². The van der Waals surface area contributed by atoms with Crippen molar-refractivity contribution in [1.82, 2.24) is 5.32 Å². The van der Waals surface area contributed by atoms with Crippen LogP contribution in [0.3, 0.4) is 0 Å². The quantitative estimate of drug-likeness (QED) is 0.787. The Balaban J connectivity index is 2.37. The van der Waals surface area contributed by atoms with Crippen molar-refractivity contribution in [2.75, 3.05) is 18.6 Å². The van der Waals surface area contributed by atoms with Gasteiger partial charge in [0, 0.05) is 5.75 Å². The maximum atomic E-state index is 11.9. The van der Waals surface area contributed by atoms with Crippen molar-refractivity contribution in [3.8, 4) is 0 Å². The monoisotopic (exact) mass is 309 g/mol. The van der Waals surface area contributed by atoms with Gasteiger partial charge in [0.25, 0.3) is 0 Å². The Hall–Kier alpha value is -1.49. The molecule has 21 heavy (non-hydrogen) atoms. The van der Waals surface area contributed by atoms with Crippen LogP contribution >= 0.6 is 11.8 Å². The number of benzene rings is 1. The van der Waals surface area contributed by atoms with Crippen LogP contribution in [-0.2, 0) is 14.3 Å². The van der Waals surface area contributed by atoms with E-state index in [4.69, 9.17) is 0 Å². The molecule has 0 fully saturated rings. The number of methoxy groups -OCH3 is 1. The van der Waals surface area contributed by atoms with E-state index in [9.17, 15) is 9.59 Å². The topological polar surface area (TPSA) is 55.4 Å². The number of esters is 1. The summed E-state index contributed by atoms with van der Waals surface area (Å²) < 4.78 is 4.65. The third-order valence-electron chi connectivity index (χ3n) is 3.24. The Kier molecular flexibility index (Phi) is 7.29. The molecule has 1 rings (SSSR count). The van der Waals surface area contributed by atoms with Gasteiger partial charge in [-0.2, -0.15) is 11.8 Å². The number of thioether (sulfide) groups is 1. The molecule has 2 unspecified atom stereocenters. The van der Waals surface area contributed by atoms with E-state index in [2.05, 4.69) is 10.1 Å². The molecule has 1 aromatic carbocycles. The van der Waals surface area contributed by atoms with Crippen molar-refractivity contribution < 1.29 is 14.3 Å². The van der Waals surface area contributed by atoms with Crippen LogP contribution in [0, 0.1) is 12.8 Å². The molecule has 116 valence electrons. The first kappa shape index (κ1) is 17.6. The smallest absolute Gasteiger partial charge is 0.309 e. The fourth-order valence-electron chi connectivity index (χ4n) is 2.03. The van der Waals surface area contributed by atoms with Gasteiger partial charge in [-0.3, -0.25) is 9.59 Å². The van der Waals surface area contributed by atoms with Gasteiger partial charge in [-0.15, -0.1) is 0 Å². The molecule has 0 heterocycles. The molecule has 1 amide bonds. The lowest BCUT2D eigenvalue weighted by Gasteiger charge is -2.16. The van der Waals surface area contributed by atoms with Crippen LogP contribution in [0.2, 0.25) is 0 Å². The van der Waals surface area contributed by atoms with Gasteiger partial charge in [0.15, 0.2) is 0 Å². The molecule has 0 saturated heterocycles. The second-order valence-electron chi connectivity index (χ2n) is 5.09. The Morgan fingerprint density at radius 2 is 1.95 bits per heavy atom. The summed E-state index contributed by atoms with van der Waals surface area (Å²) in [6.07, 6.45) is 0. The SMILES string of the molecule is COC(=O)C(C)CSCC(=O)NC(C)c1ccccc1C. The van der Waals surface area contributed by atoms with Gasteiger partial charge in [0.1, 0.15) is 0 Å². The van der Waals surface area contributed by atoms with Crippen LogP contribution in [0.5, 0.6) is 0 Å². The molecule has 2 atom stereocenters. The second kappa shape index (κ2) is 8.72. The highest BCUT2D eigenvalue weighted by molar-refractivity contribution is 7.99. The van der Waals surface area contributed by atoms with E-state index >= 15 is 0 Å². The number of amides is 1. The highest BCUT2D eigenvalue weighted by Crippen LogP contribution is 2.17. The fraction of sp³-hybridized carbons (Fsp3) is 0.500. The number of hydrogen-bond donors (Lipinski definition) is 1. The average Bonchev–Trinajstić information content (AvgIpc) is 2.46. The molecule has 0 radical (unpaired) electrons. The number of ether oxygens (including phenoxy) is 1. The van der Waals surface area contributed by atoms with Gasteiger partial charge in [0.05, 0.1) is 24.8 Å². The largest absolute Gasteiger partial charge is 0.469 e. The average molecular weight is 309 g/mol. The minimum Gasteiger partial charge on any atom is -0.469 e. The van der Waals surface area contributed by atoms with Gasteiger partial charge >= 0.3 is 5.97 Å². The van der Waals surface area contributed by atoms with E-state index in [0.717, 1.165) is 11.1 Å². The molecule has 0 aromatic heterocycles. The lowest BCUT2D eigenvalue weighted by molar-refractivity contribution is -0.144. The van der Waals surface area contributed by atoms with Crippen LogP contribution < -0.4 is 5.32 Å². The van der Waals surface area contributed by atoms with E-state index < -0.39 is 0 Å². The Bertz CT molecular complexity index is 490. The summed E-state index contributed by atoms with van der Waals surface area (Å²) in [4.78, 5) is 23.2. The fourth-order valence-corrected chi connectivity index (χ4v) is 2.91. The van der Waals surface area contributed by atoms with Crippen LogP contribution in [-0.4, -0.2) is 30.5 Å². The molecule has 0 aliphatic heterocycles. The van der Waals surface area contributed by atoms with E-state index in [1.165, 1.54) is 18.9 Å². The Labute approximate surface area is 130 Å². The van der Waals surface area contributed by atoms with Crippen molar-refractivity contribution in [3.05, 3.63) is 35.4 Å². The number of nitrogens with one attached hydrogen (secondary N) is 1. The third kappa shape index (κ3) is 5.79. The lowest BCUT2D eigenvalue weighted by atomic mass is 10.0. The number of hydrogen-bond acceptors (Lipinski definition) is 4. The van der Waals surface area contributed by atoms with Gasteiger partial charge < -0.3 is 10.1 Å². The predicted molar refractivity (Wildman–Crippen MR) is 86.2 cm³/mol. The van der Waals surface area contributed by atoms with E-state index in [1.807, 2.05) is 38.1 Å². The molecule has 0 saturated carbocycles. The van der Waals surface area contributed by atoms with E-state index in [1.54, 1.807) is 6.92 Å². The minimum atomic E-state index is -0.240. The van der Waals surface area contributed by atoms with Crippen molar-refractivity contribution in [2.24, 2.45) is 5.92 Å². The number of carbonyl (C=O) groups excluding carboxylic acids is 2. The minimum absolute atomic E-state index is 0.0164. The standard InChI is InChI=1S/C16H23NO3S/c1-11-7-5-6-8-14(11)13(3)17-15(18)10-21-9-12(2)16(19)20-4/h5-8,12-13H,9-10H2,1-4H3,(H,17,18). The molecule has 0 aliphatic carbocycles. The summed E-state index contributed by atoms with van der Waals surface area (Å²) in [7, 11) is 1.38. The second-order valence-corrected chi connectivity index (χ2v) is 6.12. The van der Waals surface area contributed by atoms with E-state index in [0.29, 0.717) is 11.5 Å². The van der Waals surface area contributed by atoms with Crippen molar-refractivity contribution in [3.63, 3.8) is 0 Å². The first-order chi connectivity index (χ1) is 9.95. The van der Waals surface area contributed by atoms with Gasteiger partial charge in [-0.1, -0.05) is 31.2 Å². The normalized spacial score (nSPS) is 13.3. The summed E-state index contributed by atoms with van der Waals surface area (Å²) in [5.74, 6) is 0.474. The molecular formula is C16H23NO3S. The zero-order chi connectivity index (χ0) is 15.8. The van der Waals surface area contributed by atoms with Crippen LogP contribution in [0.1, 0.15) is 31.0 Å². The van der Waals surface area contributed by atoms with Gasteiger partial charge in [-0.25, -0.2) is 0 Å². The zero-order valence-electron chi connectivity index (χ0n) is 13.0. The highest BCUT2D eigenvalue weighted by Gasteiger charge is 2.15. The van der Waals surface area contributed by atoms with E-state index in [-0.39, 0.29) is 23.8 Å². The molecule has 5 heteroatoms. The summed E-state index contributed by atoms with van der Waals surface area (Å²) in [6, 6.07) is 7.99. The molecule has 4 nitrogen and oxygen atoms in total. The van der Waals surface area contributed by atoms with Crippen LogP contribution in [0.15, 0.2) is 24.3 Å². The predicted octanol–water partition coefficient (Wildman–Crippen LogP) is 2.71. The summed E-state index contributed by atoms with van der Waals surface area (Å²) in [5, 5.41) is 2.98. The number of aryl methyl sites for hydroxylation is 1. The van der Waals surface area contributed by atoms with Crippen molar-refractivity contribution >= 4 is 23.6 Å². The molecule has 1 aromatic rings. The molecule has 1 N–H and O–H groups in total. The summed E-state index contributed by atoms with van der Waals surface area (Å²) >= 11 is 1.44. The first-order valence-electron chi connectivity index (χ1n) is 6.96. The Morgan fingerprint density at radius 1 is 1.29 bits per heavy atom. The van der Waals surface area contributed by atoms with Crippen LogP contribution in [0.4, 0.5) is 0 Å². The third-order valence-corrected chi connectivity index (χ3v) is 4.44. The molecule has 0 spiro atoms. The number of carbonyl (C=O) groups is 2. The van der Waals surface area contributed by atoms with Crippen molar-refractivity contribution in [1.29, 1.82) is 0 Å². The molecule has 0 aliphatic rings. The zero-order valence-corrected chi connectivity index (χ0v) is 13.8. The Morgan fingerprint density at radius 3 is 2.57 bits per heavy atom. The summed E-state index contributed by atoms with van der Waals surface area (Å²) in [5.41, 5.74) is 2.29. The van der Waals surface area contributed by atoms with Crippen LogP contribution in [0.25, 0.3) is 0 Å². The highest BCUT2D eigenvalue weighted by atomic mass is 32.2. The lowest BCUT2D eigenvalue weighted by Crippen LogP contribution is -2.29. The molecular weight excluding hydrogens is 286 g/mol. The first-order valence-corrected chi connectivity index (χ1v) is 8.11.